The van der Waals surface area contributed by atoms with Crippen molar-refractivity contribution in [3.8, 4) is 11.5 Å². The Kier molecular flexibility index (Phi) is 8.04. The molecule has 1 aromatic heterocycles. The van der Waals surface area contributed by atoms with Crippen molar-refractivity contribution in [1.82, 2.24) is 14.9 Å². The highest BCUT2D eigenvalue weighted by Gasteiger charge is 2.35. The number of ether oxygens (including phenoxy) is 2. The van der Waals surface area contributed by atoms with Gasteiger partial charge in [0, 0.05) is 49.8 Å². The average molecular weight is 508 g/mol. The summed E-state index contributed by atoms with van der Waals surface area (Å²) in [6.45, 7) is 9.65. The monoisotopic (exact) mass is 507 g/mol. The van der Waals surface area contributed by atoms with Gasteiger partial charge in [0.25, 0.3) is 5.92 Å². The van der Waals surface area contributed by atoms with E-state index in [0.29, 0.717) is 40.8 Å². The molecule has 2 fully saturated rings. The van der Waals surface area contributed by atoms with E-state index in [1.165, 1.54) is 12.8 Å². The van der Waals surface area contributed by atoms with E-state index in [0.717, 1.165) is 26.1 Å². The van der Waals surface area contributed by atoms with E-state index in [1.807, 2.05) is 19.9 Å². The first-order valence-corrected chi connectivity index (χ1v) is 13.0. The minimum absolute atomic E-state index is 0.111. The van der Waals surface area contributed by atoms with E-state index < -0.39 is 11.6 Å². The number of nitrogens with one attached hydrogen (secondary N) is 1. The van der Waals surface area contributed by atoms with E-state index in [9.17, 15) is 13.9 Å². The lowest BCUT2D eigenvalue weighted by Gasteiger charge is -2.33. The standard InChI is InChI=1S/C26H39F2N5O3/c1-18(2)25(3,34)31-23-19-16-21(35-4)22(36-15-7-12-32-10-5-6-11-32)17-20(19)29-24(30-23)33-13-8-26(27,28)9-14-33/h16-18,34H,5-15H2,1-4H3,(H,29,30,31)/t25-/m1/s1. The van der Waals surface area contributed by atoms with Crippen LogP contribution in [0.5, 0.6) is 11.5 Å². The van der Waals surface area contributed by atoms with Gasteiger partial charge in [-0.15, -0.1) is 0 Å². The van der Waals surface area contributed by atoms with Gasteiger partial charge in [0.05, 0.1) is 19.2 Å². The Balaban J connectivity index is 1.63. The molecule has 0 bridgehead atoms. The Morgan fingerprint density at radius 2 is 1.81 bits per heavy atom. The lowest BCUT2D eigenvalue weighted by Crippen LogP contribution is -2.41. The van der Waals surface area contributed by atoms with Crippen LogP contribution in [0.25, 0.3) is 10.9 Å². The third-order valence-electron chi connectivity index (χ3n) is 7.32. The number of hydrogen-bond acceptors (Lipinski definition) is 8. The minimum Gasteiger partial charge on any atom is -0.493 e. The van der Waals surface area contributed by atoms with E-state index in [-0.39, 0.29) is 31.8 Å². The number of anilines is 2. The summed E-state index contributed by atoms with van der Waals surface area (Å²) in [6.07, 6.45) is 2.94. The number of aromatic nitrogens is 2. The number of aliphatic hydroxyl groups is 1. The second-order valence-electron chi connectivity index (χ2n) is 10.4. The van der Waals surface area contributed by atoms with Gasteiger partial charge >= 0.3 is 0 Å². The molecule has 2 N–H and O–H groups in total. The molecular weight excluding hydrogens is 468 g/mol. The highest BCUT2D eigenvalue weighted by molar-refractivity contribution is 5.93. The first-order chi connectivity index (χ1) is 17.1. The van der Waals surface area contributed by atoms with E-state index >= 15 is 0 Å². The third kappa shape index (κ3) is 6.26. The molecule has 0 spiro atoms. The zero-order chi connectivity index (χ0) is 25.9. The van der Waals surface area contributed by atoms with E-state index in [2.05, 4.69) is 15.2 Å². The van der Waals surface area contributed by atoms with Crippen LogP contribution in [-0.4, -0.2) is 78.1 Å². The molecule has 0 amide bonds. The van der Waals surface area contributed by atoms with Gasteiger partial charge in [-0.25, -0.2) is 13.8 Å². The molecule has 2 aromatic rings. The number of alkyl halides is 2. The smallest absolute Gasteiger partial charge is 0.251 e. The number of likely N-dealkylation sites (tertiary alicyclic amines) is 1. The highest BCUT2D eigenvalue weighted by Crippen LogP contribution is 2.37. The number of hydrogen-bond donors (Lipinski definition) is 2. The van der Waals surface area contributed by atoms with Crippen molar-refractivity contribution >= 4 is 22.7 Å². The second-order valence-corrected chi connectivity index (χ2v) is 10.4. The molecule has 2 aliphatic rings. The van der Waals surface area contributed by atoms with Gasteiger partial charge in [-0.1, -0.05) is 13.8 Å². The summed E-state index contributed by atoms with van der Waals surface area (Å²) in [5.74, 6) is -0.887. The van der Waals surface area contributed by atoms with Crippen LogP contribution < -0.4 is 19.7 Å². The van der Waals surface area contributed by atoms with Gasteiger partial charge in [0.1, 0.15) is 11.5 Å². The Morgan fingerprint density at radius 3 is 2.44 bits per heavy atom. The summed E-state index contributed by atoms with van der Waals surface area (Å²) in [5, 5.41) is 14.7. The molecule has 0 aliphatic carbocycles. The largest absolute Gasteiger partial charge is 0.493 e. The average Bonchev–Trinajstić information content (AvgIpc) is 3.34. The van der Waals surface area contributed by atoms with Crippen molar-refractivity contribution in [2.75, 3.05) is 56.7 Å². The summed E-state index contributed by atoms with van der Waals surface area (Å²) in [6, 6.07) is 3.61. The molecule has 10 heteroatoms. The Labute approximate surface area is 212 Å². The number of rotatable bonds is 10. The summed E-state index contributed by atoms with van der Waals surface area (Å²) in [7, 11) is 1.58. The van der Waals surface area contributed by atoms with Crippen LogP contribution in [0.1, 0.15) is 52.9 Å². The zero-order valence-electron chi connectivity index (χ0n) is 21.8. The molecule has 36 heavy (non-hydrogen) atoms. The van der Waals surface area contributed by atoms with Crippen LogP contribution in [0.4, 0.5) is 20.5 Å². The molecule has 3 heterocycles. The number of benzene rings is 1. The predicted molar refractivity (Wildman–Crippen MR) is 137 cm³/mol. The summed E-state index contributed by atoms with van der Waals surface area (Å²) < 4.78 is 39.3. The third-order valence-corrected chi connectivity index (χ3v) is 7.32. The van der Waals surface area contributed by atoms with Gasteiger partial charge < -0.3 is 29.7 Å². The Morgan fingerprint density at radius 1 is 1.11 bits per heavy atom. The van der Waals surface area contributed by atoms with Gasteiger partial charge in [-0.05, 0) is 45.3 Å². The fraction of sp³-hybridized carbons (Fsp3) is 0.692. The van der Waals surface area contributed by atoms with Crippen molar-refractivity contribution in [1.29, 1.82) is 0 Å². The lowest BCUT2D eigenvalue weighted by molar-refractivity contribution is -0.0222. The van der Waals surface area contributed by atoms with Gasteiger partial charge in [-0.3, -0.25) is 0 Å². The maximum atomic E-state index is 13.8. The molecule has 4 rings (SSSR count). The molecule has 2 aliphatic heterocycles. The van der Waals surface area contributed by atoms with Crippen molar-refractivity contribution in [2.45, 2.75) is 64.5 Å². The van der Waals surface area contributed by atoms with Gasteiger partial charge in [0.15, 0.2) is 11.5 Å². The Bertz CT molecular complexity index is 1030. The topological polar surface area (TPSA) is 83.0 Å². The maximum absolute atomic E-state index is 13.8. The van der Waals surface area contributed by atoms with E-state index in [1.54, 1.807) is 25.0 Å². The fourth-order valence-corrected chi connectivity index (χ4v) is 4.53. The van der Waals surface area contributed by atoms with Gasteiger partial charge in [0.2, 0.25) is 5.95 Å². The van der Waals surface area contributed by atoms with Crippen LogP contribution in [0, 0.1) is 5.92 Å². The van der Waals surface area contributed by atoms with Crippen molar-refractivity contribution < 1.29 is 23.4 Å². The fourth-order valence-electron chi connectivity index (χ4n) is 4.53. The number of nitrogens with zero attached hydrogens (tertiary/aromatic N) is 4. The first-order valence-electron chi connectivity index (χ1n) is 13.0. The molecule has 0 unspecified atom stereocenters. The number of methoxy groups -OCH3 is 1. The normalized spacial score (nSPS) is 20.1. The molecule has 0 saturated carbocycles. The SMILES string of the molecule is COc1cc2c(N[C@](C)(O)C(C)C)nc(N3CCC(F)(F)CC3)nc2cc1OCCCN1CCCC1. The molecule has 1 aromatic carbocycles. The minimum atomic E-state index is -2.67. The highest BCUT2D eigenvalue weighted by atomic mass is 19.3. The molecule has 0 radical (unpaired) electrons. The predicted octanol–water partition coefficient (Wildman–Crippen LogP) is 4.52. The molecule has 2 saturated heterocycles. The molecule has 200 valence electrons. The van der Waals surface area contributed by atoms with Crippen LogP contribution in [0.2, 0.25) is 0 Å². The molecule has 1 atom stereocenters. The van der Waals surface area contributed by atoms with Gasteiger partial charge in [-0.2, -0.15) is 4.98 Å². The van der Waals surface area contributed by atoms with E-state index in [4.69, 9.17) is 14.5 Å². The number of halogens is 2. The number of fused-ring (bicyclic) bond motifs is 1. The van der Waals surface area contributed by atoms with Crippen molar-refractivity contribution in [3.63, 3.8) is 0 Å². The molecule has 8 nitrogen and oxygen atoms in total. The van der Waals surface area contributed by atoms with Crippen LogP contribution >= 0.6 is 0 Å². The zero-order valence-corrected chi connectivity index (χ0v) is 21.8. The second kappa shape index (κ2) is 10.9. The van der Waals surface area contributed by atoms with Crippen molar-refractivity contribution in [3.05, 3.63) is 12.1 Å². The molecular formula is C26H39F2N5O3. The first kappa shape index (κ1) is 26.6. The Hall–Kier alpha value is -2.46. The lowest BCUT2D eigenvalue weighted by atomic mass is 10.0. The van der Waals surface area contributed by atoms with Crippen LogP contribution in [0.3, 0.4) is 0 Å². The summed E-state index contributed by atoms with van der Waals surface area (Å²) in [5.41, 5.74) is -0.652. The summed E-state index contributed by atoms with van der Waals surface area (Å²) >= 11 is 0. The summed E-state index contributed by atoms with van der Waals surface area (Å²) in [4.78, 5) is 13.6. The quantitative estimate of drug-likeness (QED) is 0.359. The number of piperidine rings is 1. The van der Waals surface area contributed by atoms with Crippen molar-refractivity contribution in [2.24, 2.45) is 5.92 Å². The van der Waals surface area contributed by atoms with Crippen LogP contribution in [0.15, 0.2) is 12.1 Å². The maximum Gasteiger partial charge on any atom is 0.251 e. The van der Waals surface area contributed by atoms with Crippen LogP contribution in [-0.2, 0) is 0 Å².